The van der Waals surface area contributed by atoms with Crippen LogP contribution in [0.25, 0.3) is 0 Å². The molecule has 0 aliphatic carbocycles. The van der Waals surface area contributed by atoms with Gasteiger partial charge in [-0.05, 0) is 47.1 Å². The molecule has 3 heteroatoms. The van der Waals surface area contributed by atoms with Gasteiger partial charge in [-0.15, -0.1) is 0 Å². The molecule has 1 heterocycles. The third-order valence-electron chi connectivity index (χ3n) is 4.46. The minimum atomic E-state index is 0.390. The van der Waals surface area contributed by atoms with Crippen molar-refractivity contribution in [1.29, 1.82) is 0 Å². The second-order valence-corrected chi connectivity index (χ2v) is 7.01. The van der Waals surface area contributed by atoms with Gasteiger partial charge < -0.3 is 9.64 Å². The Labute approximate surface area is 133 Å². The first kappa shape index (κ1) is 18.9. The fraction of sp³-hybridized carbons (Fsp3) is 1.00. The maximum Gasteiger partial charge on any atom is 0.0518 e. The van der Waals surface area contributed by atoms with Gasteiger partial charge in [0.05, 0.1) is 6.10 Å². The summed E-state index contributed by atoms with van der Waals surface area (Å²) in [5.74, 6) is 0. The van der Waals surface area contributed by atoms with Crippen LogP contribution >= 0.6 is 0 Å². The highest BCUT2D eigenvalue weighted by atomic mass is 16.5. The molecule has 3 nitrogen and oxygen atoms in total. The van der Waals surface area contributed by atoms with Crippen LogP contribution in [0.5, 0.6) is 0 Å². The molecule has 1 rings (SSSR count). The lowest BCUT2D eigenvalue weighted by molar-refractivity contribution is 0.0756. The van der Waals surface area contributed by atoms with Crippen LogP contribution in [-0.4, -0.2) is 61.3 Å². The van der Waals surface area contributed by atoms with E-state index >= 15 is 0 Å². The number of rotatable bonds is 11. The van der Waals surface area contributed by atoms with Gasteiger partial charge in [0, 0.05) is 38.8 Å². The summed E-state index contributed by atoms with van der Waals surface area (Å²) in [6.45, 7) is 16.1. The van der Waals surface area contributed by atoms with E-state index in [1.165, 1.54) is 71.2 Å². The van der Waals surface area contributed by atoms with E-state index in [0.29, 0.717) is 12.1 Å². The zero-order chi connectivity index (χ0) is 15.5. The van der Waals surface area contributed by atoms with Crippen LogP contribution in [0.3, 0.4) is 0 Å². The summed E-state index contributed by atoms with van der Waals surface area (Å²) < 4.78 is 5.56. The average molecular weight is 299 g/mol. The normalized spacial score (nSPS) is 18.0. The van der Waals surface area contributed by atoms with Crippen LogP contribution in [0, 0.1) is 0 Å². The number of hydrogen-bond donors (Lipinski definition) is 0. The summed E-state index contributed by atoms with van der Waals surface area (Å²) in [4.78, 5) is 5.24. The quantitative estimate of drug-likeness (QED) is 0.540. The van der Waals surface area contributed by atoms with Gasteiger partial charge in [-0.1, -0.05) is 25.7 Å². The van der Waals surface area contributed by atoms with E-state index in [-0.39, 0.29) is 0 Å². The Morgan fingerprint density at radius 3 is 1.90 bits per heavy atom. The largest absolute Gasteiger partial charge is 0.379 e. The van der Waals surface area contributed by atoms with Crippen molar-refractivity contribution in [2.75, 3.05) is 39.3 Å². The van der Waals surface area contributed by atoms with Gasteiger partial charge in [0.1, 0.15) is 0 Å². The zero-order valence-corrected chi connectivity index (χ0v) is 14.9. The smallest absolute Gasteiger partial charge is 0.0518 e. The highest BCUT2D eigenvalue weighted by Gasteiger charge is 2.17. The second kappa shape index (κ2) is 11.4. The number of nitrogens with zero attached hydrogens (tertiary/aromatic N) is 2. The monoisotopic (exact) mass is 298 g/mol. The molecule has 1 saturated heterocycles. The molecule has 0 spiro atoms. The molecule has 0 bridgehead atoms. The van der Waals surface area contributed by atoms with E-state index in [1.54, 1.807) is 0 Å². The molecule has 0 aromatic heterocycles. The van der Waals surface area contributed by atoms with E-state index in [0.717, 1.165) is 6.61 Å². The molecule has 21 heavy (non-hydrogen) atoms. The van der Waals surface area contributed by atoms with Crippen molar-refractivity contribution in [2.24, 2.45) is 0 Å². The molecule has 0 atom stereocenters. The van der Waals surface area contributed by atoms with Crippen molar-refractivity contribution >= 4 is 0 Å². The topological polar surface area (TPSA) is 15.7 Å². The zero-order valence-electron chi connectivity index (χ0n) is 14.9. The first-order chi connectivity index (χ1) is 10.1. The number of piperazine rings is 1. The summed E-state index contributed by atoms with van der Waals surface area (Å²) in [5.41, 5.74) is 0. The molecule has 0 saturated carbocycles. The highest BCUT2D eigenvalue weighted by molar-refractivity contribution is 4.73. The van der Waals surface area contributed by atoms with Crippen molar-refractivity contribution in [3.05, 3.63) is 0 Å². The maximum absolute atomic E-state index is 5.56. The van der Waals surface area contributed by atoms with Crippen LogP contribution in [0.15, 0.2) is 0 Å². The Morgan fingerprint density at radius 2 is 1.33 bits per heavy atom. The lowest BCUT2D eigenvalue weighted by atomic mass is 10.1. The summed E-state index contributed by atoms with van der Waals surface area (Å²) in [7, 11) is 0. The Kier molecular flexibility index (Phi) is 10.3. The minimum absolute atomic E-state index is 0.390. The number of ether oxygens (including phenoxy) is 1. The molecular formula is C18H38N2O. The fourth-order valence-corrected chi connectivity index (χ4v) is 2.97. The molecule has 126 valence electrons. The van der Waals surface area contributed by atoms with Crippen molar-refractivity contribution in [3.8, 4) is 0 Å². The SMILES string of the molecule is CC(C)OCCCCCCCCN1CCN(C(C)C)CC1. The maximum atomic E-state index is 5.56. The van der Waals surface area contributed by atoms with Crippen LogP contribution in [0.1, 0.15) is 66.2 Å². The van der Waals surface area contributed by atoms with E-state index in [4.69, 9.17) is 4.74 Å². The minimum Gasteiger partial charge on any atom is -0.379 e. The first-order valence-electron chi connectivity index (χ1n) is 9.17. The van der Waals surface area contributed by atoms with Gasteiger partial charge in [0.25, 0.3) is 0 Å². The van der Waals surface area contributed by atoms with E-state index < -0.39 is 0 Å². The molecule has 0 aromatic rings. The summed E-state index contributed by atoms with van der Waals surface area (Å²) in [6.07, 6.45) is 8.51. The number of hydrogen-bond acceptors (Lipinski definition) is 3. The van der Waals surface area contributed by atoms with Crippen molar-refractivity contribution < 1.29 is 4.74 Å². The predicted molar refractivity (Wildman–Crippen MR) is 91.9 cm³/mol. The molecule has 0 aromatic carbocycles. The number of unbranched alkanes of at least 4 members (excludes halogenated alkanes) is 5. The van der Waals surface area contributed by atoms with E-state index in [9.17, 15) is 0 Å². The van der Waals surface area contributed by atoms with Gasteiger partial charge in [-0.3, -0.25) is 4.90 Å². The van der Waals surface area contributed by atoms with Gasteiger partial charge >= 0.3 is 0 Å². The summed E-state index contributed by atoms with van der Waals surface area (Å²) >= 11 is 0. The predicted octanol–water partition coefficient (Wildman–Crippen LogP) is 3.78. The third-order valence-corrected chi connectivity index (χ3v) is 4.46. The van der Waals surface area contributed by atoms with E-state index in [2.05, 4.69) is 37.5 Å². The second-order valence-electron chi connectivity index (χ2n) is 7.01. The lowest BCUT2D eigenvalue weighted by Crippen LogP contribution is -2.48. The van der Waals surface area contributed by atoms with Crippen LogP contribution in [0.2, 0.25) is 0 Å². The van der Waals surface area contributed by atoms with Gasteiger partial charge in [-0.25, -0.2) is 0 Å². The third kappa shape index (κ3) is 9.49. The summed E-state index contributed by atoms with van der Waals surface area (Å²) in [6, 6.07) is 0.715. The standard InChI is InChI=1S/C18H38N2O/c1-17(2)20-14-12-19(13-15-20)11-9-7-5-6-8-10-16-21-18(3)4/h17-18H,5-16H2,1-4H3. The van der Waals surface area contributed by atoms with E-state index in [1.807, 2.05) is 0 Å². The van der Waals surface area contributed by atoms with Gasteiger partial charge in [-0.2, -0.15) is 0 Å². The van der Waals surface area contributed by atoms with Crippen molar-refractivity contribution in [3.63, 3.8) is 0 Å². The Bertz CT molecular complexity index is 235. The molecule has 1 fully saturated rings. The lowest BCUT2D eigenvalue weighted by Gasteiger charge is -2.36. The molecule has 0 amide bonds. The van der Waals surface area contributed by atoms with Crippen molar-refractivity contribution in [2.45, 2.75) is 78.4 Å². The van der Waals surface area contributed by atoms with Crippen LogP contribution in [-0.2, 0) is 4.74 Å². The highest BCUT2D eigenvalue weighted by Crippen LogP contribution is 2.09. The summed E-state index contributed by atoms with van der Waals surface area (Å²) in [5, 5.41) is 0. The molecule has 1 aliphatic heterocycles. The average Bonchev–Trinajstić information content (AvgIpc) is 2.45. The Hall–Kier alpha value is -0.120. The van der Waals surface area contributed by atoms with Gasteiger partial charge in [0.2, 0.25) is 0 Å². The Balaban J connectivity index is 1.85. The van der Waals surface area contributed by atoms with Crippen molar-refractivity contribution in [1.82, 2.24) is 9.80 Å². The first-order valence-corrected chi connectivity index (χ1v) is 9.17. The fourth-order valence-electron chi connectivity index (χ4n) is 2.97. The molecule has 0 radical (unpaired) electrons. The molecular weight excluding hydrogens is 260 g/mol. The molecule has 1 aliphatic rings. The molecule has 0 N–H and O–H groups in total. The van der Waals surface area contributed by atoms with Crippen LogP contribution < -0.4 is 0 Å². The Morgan fingerprint density at radius 1 is 0.762 bits per heavy atom. The van der Waals surface area contributed by atoms with Gasteiger partial charge in [0.15, 0.2) is 0 Å². The van der Waals surface area contributed by atoms with Crippen LogP contribution in [0.4, 0.5) is 0 Å². The molecule has 0 unspecified atom stereocenters.